The summed E-state index contributed by atoms with van der Waals surface area (Å²) in [5.74, 6) is 1.28. The van der Waals surface area contributed by atoms with Crippen LogP contribution in [0.5, 0.6) is 11.5 Å². The Balaban J connectivity index is 3.21. The number of nitrogens with two attached hydrogens (primary N) is 1. The quantitative estimate of drug-likeness (QED) is 0.873. The molecular weight excluding hydrogens is 262 g/mol. The molecule has 84 valence electrons. The highest BCUT2D eigenvalue weighted by Gasteiger charge is 2.14. The van der Waals surface area contributed by atoms with Crippen LogP contribution < -0.4 is 15.2 Å². The van der Waals surface area contributed by atoms with Crippen molar-refractivity contribution in [2.45, 2.75) is 6.04 Å². The molecule has 0 aromatic heterocycles. The van der Waals surface area contributed by atoms with Crippen LogP contribution in [-0.2, 0) is 0 Å². The number of aliphatic hydroxyl groups excluding tert-OH is 1. The highest BCUT2D eigenvalue weighted by atomic mass is 79.9. The average molecular weight is 276 g/mol. The second-order valence-electron chi connectivity index (χ2n) is 3.02. The van der Waals surface area contributed by atoms with E-state index < -0.39 is 6.04 Å². The van der Waals surface area contributed by atoms with E-state index >= 15 is 0 Å². The van der Waals surface area contributed by atoms with Crippen molar-refractivity contribution in [2.24, 2.45) is 5.73 Å². The Bertz CT molecular complexity index is 344. The van der Waals surface area contributed by atoms with Gasteiger partial charge in [0.1, 0.15) is 11.5 Å². The van der Waals surface area contributed by atoms with Crippen molar-refractivity contribution in [1.82, 2.24) is 0 Å². The van der Waals surface area contributed by atoms with E-state index in [1.165, 1.54) is 0 Å². The van der Waals surface area contributed by atoms with Gasteiger partial charge in [0.05, 0.1) is 31.3 Å². The maximum atomic E-state index is 9.00. The monoisotopic (exact) mass is 275 g/mol. The van der Waals surface area contributed by atoms with Gasteiger partial charge in [-0.05, 0) is 22.0 Å². The smallest absolute Gasteiger partial charge is 0.136 e. The largest absolute Gasteiger partial charge is 0.496 e. The zero-order chi connectivity index (χ0) is 11.4. The predicted molar refractivity (Wildman–Crippen MR) is 61.3 cm³/mol. The minimum Gasteiger partial charge on any atom is -0.496 e. The summed E-state index contributed by atoms with van der Waals surface area (Å²) >= 11 is 3.35. The highest BCUT2D eigenvalue weighted by Crippen LogP contribution is 2.35. The second-order valence-corrected chi connectivity index (χ2v) is 3.87. The van der Waals surface area contributed by atoms with Crippen molar-refractivity contribution in [3.8, 4) is 11.5 Å². The molecule has 0 unspecified atom stereocenters. The van der Waals surface area contributed by atoms with E-state index in [1.807, 2.05) is 0 Å². The van der Waals surface area contributed by atoms with Crippen molar-refractivity contribution >= 4 is 15.9 Å². The third-order valence-corrected chi connectivity index (χ3v) is 2.72. The summed E-state index contributed by atoms with van der Waals surface area (Å²) in [5, 5.41) is 9.00. The van der Waals surface area contributed by atoms with E-state index in [2.05, 4.69) is 15.9 Å². The number of rotatable bonds is 4. The summed E-state index contributed by atoms with van der Waals surface area (Å²) in [7, 11) is 3.13. The number of methoxy groups -OCH3 is 2. The average Bonchev–Trinajstić information content (AvgIpc) is 2.27. The molecule has 5 heteroatoms. The Morgan fingerprint density at radius 1 is 1.33 bits per heavy atom. The van der Waals surface area contributed by atoms with Gasteiger partial charge in [0.25, 0.3) is 0 Å². The van der Waals surface area contributed by atoms with E-state index in [0.29, 0.717) is 11.5 Å². The topological polar surface area (TPSA) is 64.7 Å². The summed E-state index contributed by atoms with van der Waals surface area (Å²) in [6, 6.07) is 3.06. The first-order chi connectivity index (χ1) is 7.13. The fourth-order valence-corrected chi connectivity index (χ4v) is 1.79. The summed E-state index contributed by atoms with van der Waals surface area (Å²) in [4.78, 5) is 0. The lowest BCUT2D eigenvalue weighted by Crippen LogP contribution is -2.15. The third-order valence-electron chi connectivity index (χ3n) is 2.10. The van der Waals surface area contributed by atoms with Gasteiger partial charge < -0.3 is 20.3 Å². The Morgan fingerprint density at radius 3 is 2.40 bits per heavy atom. The molecule has 0 radical (unpaired) electrons. The lowest BCUT2D eigenvalue weighted by Gasteiger charge is -2.15. The van der Waals surface area contributed by atoms with Gasteiger partial charge in [0.15, 0.2) is 0 Å². The second kappa shape index (κ2) is 5.34. The summed E-state index contributed by atoms with van der Waals surface area (Å²) in [6.07, 6.45) is 0. The van der Waals surface area contributed by atoms with Gasteiger partial charge in [0.2, 0.25) is 0 Å². The molecule has 0 aliphatic carbocycles. The molecule has 4 nitrogen and oxygen atoms in total. The molecule has 0 aliphatic rings. The number of aliphatic hydroxyl groups is 1. The van der Waals surface area contributed by atoms with E-state index in [0.717, 1.165) is 10.0 Å². The number of halogens is 1. The fourth-order valence-electron chi connectivity index (χ4n) is 1.27. The van der Waals surface area contributed by atoms with Gasteiger partial charge in [-0.15, -0.1) is 0 Å². The van der Waals surface area contributed by atoms with Gasteiger partial charge in [0, 0.05) is 11.6 Å². The normalized spacial score (nSPS) is 12.3. The van der Waals surface area contributed by atoms with E-state index in [9.17, 15) is 0 Å². The lowest BCUT2D eigenvalue weighted by atomic mass is 10.1. The number of benzene rings is 1. The maximum Gasteiger partial charge on any atom is 0.136 e. The molecule has 1 atom stereocenters. The van der Waals surface area contributed by atoms with E-state index in [1.54, 1.807) is 26.4 Å². The molecule has 1 rings (SSSR count). The van der Waals surface area contributed by atoms with Crippen LogP contribution >= 0.6 is 15.9 Å². The lowest BCUT2D eigenvalue weighted by molar-refractivity contribution is 0.264. The van der Waals surface area contributed by atoms with Crippen LogP contribution in [0.4, 0.5) is 0 Å². The van der Waals surface area contributed by atoms with Crippen molar-refractivity contribution < 1.29 is 14.6 Å². The van der Waals surface area contributed by atoms with Crippen LogP contribution in [0.1, 0.15) is 11.6 Å². The number of hydrogen-bond donors (Lipinski definition) is 2. The highest BCUT2D eigenvalue weighted by molar-refractivity contribution is 9.10. The van der Waals surface area contributed by atoms with Crippen molar-refractivity contribution in [3.63, 3.8) is 0 Å². The van der Waals surface area contributed by atoms with Crippen LogP contribution in [0.2, 0.25) is 0 Å². The van der Waals surface area contributed by atoms with Crippen molar-refractivity contribution in [1.29, 1.82) is 0 Å². The van der Waals surface area contributed by atoms with Gasteiger partial charge in [-0.1, -0.05) is 0 Å². The van der Waals surface area contributed by atoms with Crippen LogP contribution in [0, 0.1) is 0 Å². The summed E-state index contributed by atoms with van der Waals surface area (Å²) in [5.41, 5.74) is 6.48. The predicted octanol–water partition coefficient (Wildman–Crippen LogP) is 1.46. The minimum absolute atomic E-state index is 0.130. The Morgan fingerprint density at radius 2 is 1.93 bits per heavy atom. The van der Waals surface area contributed by atoms with E-state index in [-0.39, 0.29) is 6.61 Å². The molecule has 0 aliphatic heterocycles. The first-order valence-corrected chi connectivity index (χ1v) is 5.21. The molecule has 15 heavy (non-hydrogen) atoms. The molecule has 0 saturated heterocycles. The molecule has 0 spiro atoms. The Hall–Kier alpha value is -0.780. The van der Waals surface area contributed by atoms with Crippen molar-refractivity contribution in [2.75, 3.05) is 20.8 Å². The van der Waals surface area contributed by atoms with Gasteiger partial charge in [-0.2, -0.15) is 0 Å². The van der Waals surface area contributed by atoms with Gasteiger partial charge in [-0.3, -0.25) is 0 Å². The summed E-state index contributed by atoms with van der Waals surface area (Å²) in [6.45, 7) is -0.130. The fraction of sp³-hybridized carbons (Fsp3) is 0.400. The van der Waals surface area contributed by atoms with Gasteiger partial charge in [-0.25, -0.2) is 0 Å². The molecule has 1 aromatic carbocycles. The Labute approximate surface area is 97.1 Å². The van der Waals surface area contributed by atoms with Crippen LogP contribution in [-0.4, -0.2) is 25.9 Å². The molecule has 3 N–H and O–H groups in total. The molecule has 0 fully saturated rings. The van der Waals surface area contributed by atoms with Crippen molar-refractivity contribution in [3.05, 3.63) is 22.2 Å². The maximum absolute atomic E-state index is 9.00. The number of ether oxygens (including phenoxy) is 2. The minimum atomic E-state index is -0.456. The molecular formula is C10H14BrNO3. The Kier molecular flexibility index (Phi) is 4.38. The summed E-state index contributed by atoms with van der Waals surface area (Å²) < 4.78 is 11.1. The van der Waals surface area contributed by atoms with E-state index in [4.69, 9.17) is 20.3 Å². The standard InChI is InChI=1S/C10H14BrNO3/c1-14-9-4-10(15-2)7(11)3-6(9)8(12)5-13/h3-4,8,13H,5,12H2,1-2H3/t8-/m0/s1. The SMILES string of the molecule is COc1cc(OC)c([C@@H](N)CO)cc1Br. The third kappa shape index (κ3) is 2.62. The molecule has 0 bridgehead atoms. The number of hydrogen-bond acceptors (Lipinski definition) is 4. The van der Waals surface area contributed by atoms with Crippen LogP contribution in [0.3, 0.4) is 0 Å². The molecule has 0 amide bonds. The zero-order valence-electron chi connectivity index (χ0n) is 8.66. The molecule has 0 heterocycles. The van der Waals surface area contributed by atoms with Crippen LogP contribution in [0.15, 0.2) is 16.6 Å². The zero-order valence-corrected chi connectivity index (χ0v) is 10.2. The van der Waals surface area contributed by atoms with Gasteiger partial charge >= 0.3 is 0 Å². The van der Waals surface area contributed by atoms with Crippen LogP contribution in [0.25, 0.3) is 0 Å². The molecule has 0 saturated carbocycles. The first kappa shape index (κ1) is 12.3. The first-order valence-electron chi connectivity index (χ1n) is 4.41. The molecule has 1 aromatic rings.